The highest BCUT2D eigenvalue weighted by Crippen LogP contribution is 2.24. The van der Waals surface area contributed by atoms with Crippen LogP contribution >= 0.6 is 0 Å². The number of rotatable bonds is 2. The lowest BCUT2D eigenvalue weighted by Crippen LogP contribution is -2.16. The summed E-state index contributed by atoms with van der Waals surface area (Å²) >= 11 is 0. The van der Waals surface area contributed by atoms with Gasteiger partial charge in [0.2, 0.25) is 0 Å². The third kappa shape index (κ3) is 2.56. The Bertz CT molecular complexity index is 715. The van der Waals surface area contributed by atoms with Crippen molar-refractivity contribution in [3.05, 3.63) is 30.0 Å². The highest BCUT2D eigenvalue weighted by atomic mass is 15.3. The summed E-state index contributed by atoms with van der Waals surface area (Å²) in [6, 6.07) is 7.16. The lowest BCUT2D eigenvalue weighted by Gasteiger charge is -2.17. The van der Waals surface area contributed by atoms with Crippen LogP contribution in [0, 0.1) is 5.92 Å². The molecule has 0 amide bonds. The zero-order valence-corrected chi connectivity index (χ0v) is 13.5. The maximum atomic E-state index is 4.83. The van der Waals surface area contributed by atoms with Crippen molar-refractivity contribution in [1.82, 2.24) is 14.7 Å². The molecule has 2 aromatic rings. The van der Waals surface area contributed by atoms with E-state index in [-0.39, 0.29) is 0 Å². The third-order valence-corrected chi connectivity index (χ3v) is 5.07. The number of likely N-dealkylation sites (tertiary alicyclic amines) is 1. The molecule has 1 aromatic heterocycles. The van der Waals surface area contributed by atoms with Crippen molar-refractivity contribution in [1.29, 1.82) is 0 Å². The number of benzene rings is 1. The number of likely N-dealkylation sites (N-methyl/N-ethyl adjacent to an activating group) is 1. The number of aromatic nitrogens is 2. The zero-order chi connectivity index (χ0) is 15.1. The van der Waals surface area contributed by atoms with Gasteiger partial charge in [-0.25, -0.2) is 0 Å². The molecule has 0 bridgehead atoms. The first-order valence-electron chi connectivity index (χ1n) is 8.40. The van der Waals surface area contributed by atoms with E-state index in [1.807, 2.05) is 0 Å². The fraction of sp³-hybridized carbons (Fsp3) is 0.556. The number of hydrogen-bond donors (Lipinski definition) is 0. The van der Waals surface area contributed by atoms with Gasteiger partial charge in [0.05, 0.1) is 11.6 Å². The summed E-state index contributed by atoms with van der Waals surface area (Å²) in [5.74, 6) is 0.728. The van der Waals surface area contributed by atoms with Crippen molar-refractivity contribution in [3.63, 3.8) is 0 Å². The van der Waals surface area contributed by atoms with Gasteiger partial charge >= 0.3 is 0 Å². The minimum atomic E-state index is 0.522. The molecule has 2 aliphatic heterocycles. The van der Waals surface area contributed by atoms with Gasteiger partial charge in [-0.05, 0) is 50.4 Å². The molecule has 3 heterocycles. The second kappa shape index (κ2) is 5.51. The summed E-state index contributed by atoms with van der Waals surface area (Å²) in [7, 11) is 2.18. The molecule has 22 heavy (non-hydrogen) atoms. The van der Waals surface area contributed by atoms with Crippen molar-refractivity contribution in [3.8, 4) is 0 Å². The van der Waals surface area contributed by atoms with Crippen LogP contribution in [0.2, 0.25) is 0 Å². The van der Waals surface area contributed by atoms with Gasteiger partial charge in [0.15, 0.2) is 0 Å². The molecule has 4 heteroatoms. The first-order valence-corrected chi connectivity index (χ1v) is 8.40. The lowest BCUT2D eigenvalue weighted by atomic mass is 9.95. The average molecular weight is 296 g/mol. The number of nitrogens with zero attached hydrogens (tertiary/aromatic N) is 4. The van der Waals surface area contributed by atoms with Crippen LogP contribution in [0.5, 0.6) is 0 Å². The molecule has 1 aromatic carbocycles. The first kappa shape index (κ1) is 13.9. The van der Waals surface area contributed by atoms with Crippen molar-refractivity contribution in [2.45, 2.75) is 32.2 Å². The van der Waals surface area contributed by atoms with Gasteiger partial charge in [0.1, 0.15) is 0 Å². The van der Waals surface area contributed by atoms with E-state index in [2.05, 4.69) is 47.9 Å². The Labute approximate surface area is 131 Å². The monoisotopic (exact) mass is 296 g/mol. The van der Waals surface area contributed by atoms with E-state index in [0.717, 1.165) is 30.9 Å². The van der Waals surface area contributed by atoms with Gasteiger partial charge in [-0.1, -0.05) is 19.1 Å². The highest BCUT2D eigenvalue weighted by molar-refractivity contribution is 6.03. The molecular weight excluding hydrogens is 272 g/mol. The normalized spacial score (nSPS) is 26.5. The van der Waals surface area contributed by atoms with Crippen molar-refractivity contribution in [2.24, 2.45) is 10.9 Å². The van der Waals surface area contributed by atoms with E-state index in [1.54, 1.807) is 0 Å². The summed E-state index contributed by atoms with van der Waals surface area (Å²) in [4.78, 5) is 7.13. The fourth-order valence-electron chi connectivity index (χ4n) is 3.58. The molecule has 2 atom stereocenters. The second-order valence-corrected chi connectivity index (χ2v) is 7.02. The summed E-state index contributed by atoms with van der Waals surface area (Å²) in [5, 5.41) is 6.07. The molecule has 0 aliphatic carbocycles. The van der Waals surface area contributed by atoms with Crippen molar-refractivity contribution < 1.29 is 0 Å². The Hall–Kier alpha value is -1.68. The number of aliphatic imine (C=N–C) groups is 1. The van der Waals surface area contributed by atoms with Gasteiger partial charge in [-0.2, -0.15) is 5.10 Å². The summed E-state index contributed by atoms with van der Waals surface area (Å²) in [6.07, 6.45) is 5.75. The molecule has 0 spiro atoms. The highest BCUT2D eigenvalue weighted by Gasteiger charge is 2.22. The molecule has 2 unspecified atom stereocenters. The van der Waals surface area contributed by atoms with Gasteiger partial charge in [-0.15, -0.1) is 0 Å². The average Bonchev–Trinajstić information content (AvgIpc) is 3.13. The summed E-state index contributed by atoms with van der Waals surface area (Å²) < 4.78 is 2.17. The van der Waals surface area contributed by atoms with E-state index < -0.39 is 0 Å². The predicted molar refractivity (Wildman–Crippen MR) is 90.7 cm³/mol. The maximum Gasteiger partial charge on any atom is 0.0930 e. The van der Waals surface area contributed by atoms with Gasteiger partial charge in [0, 0.05) is 30.4 Å². The Morgan fingerprint density at radius 2 is 2.14 bits per heavy atom. The topological polar surface area (TPSA) is 33.4 Å². The van der Waals surface area contributed by atoms with Crippen LogP contribution in [0.25, 0.3) is 10.9 Å². The number of fused-ring (bicyclic) bond motifs is 1. The van der Waals surface area contributed by atoms with Crippen molar-refractivity contribution >= 4 is 16.6 Å². The maximum absolute atomic E-state index is 4.83. The van der Waals surface area contributed by atoms with Crippen LogP contribution in [0.1, 0.15) is 37.8 Å². The molecule has 2 aliphatic rings. The van der Waals surface area contributed by atoms with Crippen molar-refractivity contribution in [2.75, 3.05) is 26.7 Å². The lowest BCUT2D eigenvalue weighted by molar-refractivity contribution is 0.383. The molecule has 0 radical (unpaired) electrons. The standard InChI is InChI=1S/C18H24N4/c1-13-3-6-17(19-10-13)14-4-5-15-11-22(20-18(15)9-14)16-7-8-21(2)12-16/h4-5,9,11,13,16H,3,6-8,10,12H2,1-2H3. The fourth-order valence-corrected chi connectivity index (χ4v) is 3.58. The van der Waals surface area contributed by atoms with Gasteiger partial charge in [-0.3, -0.25) is 9.67 Å². The number of hydrogen-bond acceptors (Lipinski definition) is 3. The molecule has 0 N–H and O–H groups in total. The summed E-state index contributed by atoms with van der Waals surface area (Å²) in [6.45, 7) is 5.52. The summed E-state index contributed by atoms with van der Waals surface area (Å²) in [5.41, 5.74) is 3.62. The van der Waals surface area contributed by atoms with Crippen LogP contribution in [-0.4, -0.2) is 47.1 Å². The second-order valence-electron chi connectivity index (χ2n) is 7.02. The Kier molecular flexibility index (Phi) is 3.49. The van der Waals surface area contributed by atoms with Crippen LogP contribution in [0.3, 0.4) is 0 Å². The van der Waals surface area contributed by atoms with Crippen LogP contribution < -0.4 is 0 Å². The van der Waals surface area contributed by atoms with Gasteiger partial charge in [0.25, 0.3) is 0 Å². The van der Waals surface area contributed by atoms with Crippen LogP contribution in [-0.2, 0) is 0 Å². The quantitative estimate of drug-likeness (QED) is 0.853. The predicted octanol–water partition coefficient (Wildman–Crippen LogP) is 3.13. The van der Waals surface area contributed by atoms with E-state index in [4.69, 9.17) is 10.1 Å². The first-order chi connectivity index (χ1) is 10.7. The van der Waals surface area contributed by atoms with Gasteiger partial charge < -0.3 is 4.90 Å². The Morgan fingerprint density at radius 3 is 2.86 bits per heavy atom. The smallest absolute Gasteiger partial charge is 0.0930 e. The Morgan fingerprint density at radius 1 is 1.23 bits per heavy atom. The van der Waals surface area contributed by atoms with E-state index in [9.17, 15) is 0 Å². The largest absolute Gasteiger partial charge is 0.304 e. The molecule has 4 nitrogen and oxygen atoms in total. The van der Waals surface area contributed by atoms with E-state index in [1.165, 1.54) is 36.0 Å². The van der Waals surface area contributed by atoms with Crippen LogP contribution in [0.4, 0.5) is 0 Å². The SMILES string of the molecule is CC1CCC(c2ccc3cn(C4CCN(C)C4)nc3c2)=NC1. The third-order valence-electron chi connectivity index (χ3n) is 5.07. The molecule has 116 valence electrons. The molecule has 1 saturated heterocycles. The minimum absolute atomic E-state index is 0.522. The van der Waals surface area contributed by atoms with Crippen LogP contribution in [0.15, 0.2) is 29.4 Å². The molecule has 1 fully saturated rings. The van der Waals surface area contributed by atoms with E-state index in [0.29, 0.717) is 6.04 Å². The van der Waals surface area contributed by atoms with E-state index >= 15 is 0 Å². The molecule has 0 saturated carbocycles. The Balaban J connectivity index is 1.64. The zero-order valence-electron chi connectivity index (χ0n) is 13.5. The molecule has 4 rings (SSSR count). The molecular formula is C18H24N4. The minimum Gasteiger partial charge on any atom is -0.304 e.